The highest BCUT2D eigenvalue weighted by Gasteiger charge is 2.35. The highest BCUT2D eigenvalue weighted by Crippen LogP contribution is 2.36. The van der Waals surface area contributed by atoms with Crippen molar-refractivity contribution in [1.82, 2.24) is 14.7 Å². The Kier molecular flexibility index (Phi) is 5.72. The first-order valence-corrected chi connectivity index (χ1v) is 11.8. The van der Waals surface area contributed by atoms with E-state index >= 15 is 0 Å². The molecule has 1 amide bonds. The molecule has 7 heteroatoms. The number of ether oxygens (including phenoxy) is 1. The molecule has 1 fully saturated rings. The Balaban J connectivity index is 1.57. The average Bonchev–Trinajstić information content (AvgIpc) is 3.39. The van der Waals surface area contributed by atoms with Crippen molar-refractivity contribution in [2.75, 3.05) is 0 Å². The molecule has 32 heavy (non-hydrogen) atoms. The standard InChI is InChI=1S/C25H22ClN3O2S/c1-17-22(16-28(19-12-13-19)24(30)23-11-6-14-32-23)25(31-21-9-3-2-4-10-21)29(27-17)20-8-5-7-18(26)15-20/h2-11,14-15,19H,12-13,16H2,1H3. The number of benzene rings is 2. The van der Waals surface area contributed by atoms with Gasteiger partial charge in [0.2, 0.25) is 5.88 Å². The first-order valence-electron chi connectivity index (χ1n) is 10.5. The van der Waals surface area contributed by atoms with Crippen molar-refractivity contribution in [2.24, 2.45) is 0 Å². The third-order valence-electron chi connectivity index (χ3n) is 5.46. The van der Waals surface area contributed by atoms with E-state index in [9.17, 15) is 4.79 Å². The summed E-state index contributed by atoms with van der Waals surface area (Å²) < 4.78 is 8.12. The molecule has 0 saturated heterocycles. The summed E-state index contributed by atoms with van der Waals surface area (Å²) >= 11 is 7.72. The van der Waals surface area contributed by atoms with Gasteiger partial charge in [-0.2, -0.15) is 5.10 Å². The lowest BCUT2D eigenvalue weighted by atomic mass is 10.2. The van der Waals surface area contributed by atoms with E-state index in [4.69, 9.17) is 21.4 Å². The molecular formula is C25H22ClN3O2S. The number of hydrogen-bond donors (Lipinski definition) is 0. The first kappa shape index (κ1) is 20.8. The zero-order valence-corrected chi connectivity index (χ0v) is 19.1. The van der Waals surface area contributed by atoms with Gasteiger partial charge in [-0.15, -0.1) is 11.3 Å². The molecule has 5 nitrogen and oxygen atoms in total. The van der Waals surface area contributed by atoms with Crippen molar-refractivity contribution in [1.29, 1.82) is 0 Å². The molecule has 1 saturated carbocycles. The van der Waals surface area contributed by atoms with Crippen LogP contribution in [0.1, 0.15) is 33.8 Å². The third kappa shape index (κ3) is 4.29. The molecule has 2 aromatic heterocycles. The summed E-state index contributed by atoms with van der Waals surface area (Å²) in [5, 5.41) is 7.33. The number of halogens is 1. The lowest BCUT2D eigenvalue weighted by molar-refractivity contribution is 0.0733. The highest BCUT2D eigenvalue weighted by molar-refractivity contribution is 7.12. The van der Waals surface area contributed by atoms with Crippen LogP contribution >= 0.6 is 22.9 Å². The topological polar surface area (TPSA) is 47.4 Å². The molecule has 2 aromatic carbocycles. The number of aromatic nitrogens is 2. The minimum atomic E-state index is 0.0584. The van der Waals surface area contributed by atoms with E-state index < -0.39 is 0 Å². The van der Waals surface area contributed by atoms with Crippen LogP contribution in [0.15, 0.2) is 72.1 Å². The predicted octanol–water partition coefficient (Wildman–Crippen LogP) is 6.49. The van der Waals surface area contributed by atoms with Gasteiger partial charge in [-0.3, -0.25) is 4.79 Å². The Labute approximate surface area is 195 Å². The largest absolute Gasteiger partial charge is 0.439 e. The van der Waals surface area contributed by atoms with Crippen LogP contribution in [0, 0.1) is 6.92 Å². The normalized spacial score (nSPS) is 13.2. The van der Waals surface area contributed by atoms with Crippen molar-refractivity contribution in [3.05, 3.63) is 93.3 Å². The van der Waals surface area contributed by atoms with Gasteiger partial charge in [0.05, 0.1) is 28.4 Å². The highest BCUT2D eigenvalue weighted by atomic mass is 35.5. The van der Waals surface area contributed by atoms with Crippen LogP contribution in [0.4, 0.5) is 0 Å². The SMILES string of the molecule is Cc1nn(-c2cccc(Cl)c2)c(Oc2ccccc2)c1CN(C(=O)c1cccs1)C1CC1. The monoisotopic (exact) mass is 463 g/mol. The van der Waals surface area contributed by atoms with Crippen LogP contribution in [0.3, 0.4) is 0 Å². The fourth-order valence-electron chi connectivity index (χ4n) is 3.67. The summed E-state index contributed by atoms with van der Waals surface area (Å²) in [4.78, 5) is 16.0. The van der Waals surface area contributed by atoms with Gasteiger partial charge in [0.25, 0.3) is 5.91 Å². The van der Waals surface area contributed by atoms with Gasteiger partial charge in [0.1, 0.15) is 5.75 Å². The molecule has 5 rings (SSSR count). The van der Waals surface area contributed by atoms with E-state index in [0.717, 1.165) is 34.7 Å². The van der Waals surface area contributed by atoms with Crippen LogP contribution in [0.25, 0.3) is 5.69 Å². The molecule has 1 aliphatic rings. The molecule has 0 radical (unpaired) electrons. The van der Waals surface area contributed by atoms with Gasteiger partial charge in [-0.25, -0.2) is 4.68 Å². The van der Waals surface area contributed by atoms with Crippen molar-refractivity contribution >= 4 is 28.8 Å². The van der Waals surface area contributed by atoms with Crippen molar-refractivity contribution in [3.8, 4) is 17.3 Å². The molecule has 1 aliphatic carbocycles. The second-order valence-corrected chi connectivity index (χ2v) is 9.20. The molecule has 4 aromatic rings. The van der Waals surface area contributed by atoms with E-state index in [-0.39, 0.29) is 11.9 Å². The number of hydrogen-bond acceptors (Lipinski definition) is 4. The van der Waals surface area contributed by atoms with Crippen LogP contribution < -0.4 is 4.74 Å². The molecule has 0 aliphatic heterocycles. The number of aryl methyl sites for hydroxylation is 1. The van der Waals surface area contributed by atoms with E-state index in [1.807, 2.05) is 83.9 Å². The lowest BCUT2D eigenvalue weighted by Crippen LogP contribution is -2.32. The van der Waals surface area contributed by atoms with Gasteiger partial charge in [0.15, 0.2) is 0 Å². The fourth-order valence-corrected chi connectivity index (χ4v) is 4.54. The number of rotatable bonds is 7. The molecule has 0 atom stereocenters. The average molecular weight is 464 g/mol. The molecular weight excluding hydrogens is 442 g/mol. The van der Waals surface area contributed by atoms with Crippen molar-refractivity contribution in [3.63, 3.8) is 0 Å². The summed E-state index contributed by atoms with van der Waals surface area (Å²) in [5.41, 5.74) is 2.52. The van der Waals surface area contributed by atoms with Gasteiger partial charge >= 0.3 is 0 Å². The smallest absolute Gasteiger partial charge is 0.264 e. The Hall–Kier alpha value is -3.09. The zero-order valence-electron chi connectivity index (χ0n) is 17.6. The Morgan fingerprint density at radius 2 is 1.97 bits per heavy atom. The van der Waals surface area contributed by atoms with E-state index in [1.165, 1.54) is 11.3 Å². The molecule has 162 valence electrons. The van der Waals surface area contributed by atoms with Crippen molar-refractivity contribution in [2.45, 2.75) is 32.4 Å². The zero-order chi connectivity index (χ0) is 22.1. The maximum absolute atomic E-state index is 13.2. The summed E-state index contributed by atoms with van der Waals surface area (Å²) in [6.07, 6.45) is 2.04. The van der Waals surface area contributed by atoms with Crippen LogP contribution in [0.5, 0.6) is 11.6 Å². The van der Waals surface area contributed by atoms with E-state index in [2.05, 4.69) is 0 Å². The van der Waals surface area contributed by atoms with E-state index in [1.54, 1.807) is 4.68 Å². The minimum absolute atomic E-state index is 0.0584. The Bertz CT molecular complexity index is 1230. The Morgan fingerprint density at radius 1 is 1.16 bits per heavy atom. The van der Waals surface area contributed by atoms with E-state index in [0.29, 0.717) is 23.2 Å². The van der Waals surface area contributed by atoms with Crippen molar-refractivity contribution < 1.29 is 9.53 Å². The van der Waals surface area contributed by atoms with Gasteiger partial charge in [0, 0.05) is 11.1 Å². The maximum atomic E-state index is 13.2. The number of para-hydroxylation sites is 1. The van der Waals surface area contributed by atoms with Crippen LogP contribution in [0.2, 0.25) is 5.02 Å². The maximum Gasteiger partial charge on any atom is 0.264 e. The summed E-state index contributed by atoms with van der Waals surface area (Å²) in [6, 6.07) is 21.2. The molecule has 2 heterocycles. The van der Waals surface area contributed by atoms with Gasteiger partial charge < -0.3 is 9.64 Å². The Morgan fingerprint density at radius 3 is 2.66 bits per heavy atom. The first-order chi connectivity index (χ1) is 15.6. The molecule has 0 N–H and O–H groups in total. The molecule has 0 spiro atoms. The van der Waals surface area contributed by atoms with Gasteiger partial charge in [-0.05, 0) is 61.5 Å². The fraction of sp³-hybridized carbons (Fsp3) is 0.200. The quantitative estimate of drug-likeness (QED) is 0.314. The third-order valence-corrected chi connectivity index (χ3v) is 6.55. The van der Waals surface area contributed by atoms with Crippen LogP contribution in [-0.4, -0.2) is 26.6 Å². The predicted molar refractivity (Wildman–Crippen MR) is 127 cm³/mol. The molecule has 0 unspecified atom stereocenters. The summed E-state index contributed by atoms with van der Waals surface area (Å²) in [5.74, 6) is 1.36. The number of carbonyl (C=O) groups excluding carboxylic acids is 1. The molecule has 0 bridgehead atoms. The summed E-state index contributed by atoms with van der Waals surface area (Å²) in [7, 11) is 0. The summed E-state index contributed by atoms with van der Waals surface area (Å²) in [6.45, 7) is 2.39. The number of amides is 1. The number of carbonyl (C=O) groups is 1. The minimum Gasteiger partial charge on any atom is -0.439 e. The lowest BCUT2D eigenvalue weighted by Gasteiger charge is -2.22. The number of thiophene rings is 1. The number of nitrogens with zero attached hydrogens (tertiary/aromatic N) is 3. The van der Waals surface area contributed by atoms with Crippen LogP contribution in [-0.2, 0) is 6.54 Å². The second-order valence-electron chi connectivity index (χ2n) is 7.82. The second kappa shape index (κ2) is 8.81. The van der Waals surface area contributed by atoms with Gasteiger partial charge in [-0.1, -0.05) is 41.9 Å².